The van der Waals surface area contributed by atoms with Gasteiger partial charge in [-0.15, -0.1) is 12.4 Å². The van der Waals surface area contributed by atoms with Crippen LogP contribution in [0.15, 0.2) is 60.7 Å². The largest absolute Gasteiger partial charge is 0.444 e. The third-order valence-corrected chi connectivity index (χ3v) is 6.24. The first-order valence-corrected chi connectivity index (χ1v) is 13.2. The van der Waals surface area contributed by atoms with Crippen molar-refractivity contribution >= 4 is 30.3 Å². The minimum atomic E-state index is -0.709. The third kappa shape index (κ3) is 10.4. The number of benzene rings is 2. The summed E-state index contributed by atoms with van der Waals surface area (Å²) in [6.07, 6.45) is -0.531. The Labute approximate surface area is 241 Å². The van der Waals surface area contributed by atoms with Crippen LogP contribution in [0.2, 0.25) is 0 Å². The summed E-state index contributed by atoms with van der Waals surface area (Å²) in [7, 11) is 0. The Balaban J connectivity index is 0.000000290. The van der Waals surface area contributed by atoms with Crippen LogP contribution in [0.25, 0.3) is 0 Å². The monoisotopic (exact) mass is 576 g/mol. The fourth-order valence-electron chi connectivity index (χ4n) is 4.18. The van der Waals surface area contributed by atoms with Gasteiger partial charge in [-0.05, 0) is 38.3 Å². The average molecular weight is 577 g/mol. The van der Waals surface area contributed by atoms with Gasteiger partial charge in [0.2, 0.25) is 11.8 Å². The summed E-state index contributed by atoms with van der Waals surface area (Å²) in [6.45, 7) is 6.76. The molecule has 0 aliphatic carbocycles. The maximum atomic E-state index is 12.5. The van der Waals surface area contributed by atoms with Crippen molar-refractivity contribution in [2.75, 3.05) is 26.2 Å². The van der Waals surface area contributed by atoms with E-state index in [1.54, 1.807) is 25.7 Å². The molecule has 0 aromatic heterocycles. The highest BCUT2D eigenvalue weighted by Crippen LogP contribution is 2.14. The summed E-state index contributed by atoms with van der Waals surface area (Å²) in [4.78, 5) is 39.4. The fourth-order valence-corrected chi connectivity index (χ4v) is 4.18. The Bertz CT molecular complexity index is 1090. The lowest BCUT2D eigenvalue weighted by Gasteiger charge is -2.38. The maximum absolute atomic E-state index is 12.5. The highest BCUT2D eigenvalue weighted by molar-refractivity contribution is 5.86. The number of nitrogens with one attached hydrogen (secondary N) is 1. The third-order valence-electron chi connectivity index (χ3n) is 6.24. The number of ether oxygens (including phenoxy) is 1. The van der Waals surface area contributed by atoms with Crippen LogP contribution >= 0.6 is 12.4 Å². The smallest absolute Gasteiger partial charge is 0.408 e. The summed E-state index contributed by atoms with van der Waals surface area (Å²) in [5, 5.41) is 21.1. The number of halogens is 1. The molecule has 2 aliphatic heterocycles. The van der Waals surface area contributed by atoms with Gasteiger partial charge in [0.1, 0.15) is 11.6 Å². The van der Waals surface area contributed by atoms with E-state index in [-0.39, 0.29) is 30.3 Å². The topological polar surface area (TPSA) is 145 Å². The lowest BCUT2D eigenvalue weighted by Crippen LogP contribution is -2.60. The first-order chi connectivity index (χ1) is 18.4. The quantitative estimate of drug-likeness (QED) is 0.391. The van der Waals surface area contributed by atoms with Crippen molar-refractivity contribution in [2.45, 2.75) is 63.5 Å². The van der Waals surface area contributed by atoms with E-state index in [4.69, 9.17) is 15.6 Å². The number of β-amino-alcohol motifs (C(OH)–C–C–N with tert-alkyl or cyclic N) is 2. The summed E-state index contributed by atoms with van der Waals surface area (Å²) >= 11 is 0. The molecule has 3 amide bonds. The van der Waals surface area contributed by atoms with Crippen molar-refractivity contribution in [3.05, 3.63) is 71.8 Å². The molecule has 2 heterocycles. The van der Waals surface area contributed by atoms with E-state index in [9.17, 15) is 19.5 Å². The zero-order valence-corrected chi connectivity index (χ0v) is 24.0. The molecule has 4 rings (SSSR count). The van der Waals surface area contributed by atoms with E-state index < -0.39 is 29.9 Å². The molecule has 2 aromatic carbocycles. The van der Waals surface area contributed by atoms with Crippen LogP contribution in [-0.2, 0) is 27.2 Å². The first kappa shape index (κ1) is 33.0. The van der Waals surface area contributed by atoms with E-state index in [1.165, 1.54) is 4.90 Å². The normalized spacial score (nSPS) is 16.6. The van der Waals surface area contributed by atoms with Gasteiger partial charge < -0.3 is 35.8 Å². The highest BCUT2D eigenvalue weighted by atomic mass is 35.5. The Morgan fingerprint density at radius 2 is 1.27 bits per heavy atom. The van der Waals surface area contributed by atoms with Crippen molar-refractivity contribution in [3.8, 4) is 0 Å². The molecular weight excluding hydrogens is 536 g/mol. The van der Waals surface area contributed by atoms with Gasteiger partial charge in [-0.3, -0.25) is 9.59 Å². The number of aliphatic hydroxyl groups excluding tert-OH is 2. The van der Waals surface area contributed by atoms with Gasteiger partial charge in [0.25, 0.3) is 0 Å². The Morgan fingerprint density at radius 3 is 1.70 bits per heavy atom. The van der Waals surface area contributed by atoms with Crippen LogP contribution in [0, 0.1) is 0 Å². The van der Waals surface area contributed by atoms with Gasteiger partial charge >= 0.3 is 6.09 Å². The molecule has 0 unspecified atom stereocenters. The van der Waals surface area contributed by atoms with Gasteiger partial charge in [-0.1, -0.05) is 60.7 Å². The second-order valence-electron chi connectivity index (χ2n) is 11.0. The van der Waals surface area contributed by atoms with Crippen molar-refractivity contribution in [3.63, 3.8) is 0 Å². The van der Waals surface area contributed by atoms with Crippen molar-refractivity contribution in [1.82, 2.24) is 15.1 Å². The minimum absolute atomic E-state index is 0. The van der Waals surface area contributed by atoms with Gasteiger partial charge in [0.15, 0.2) is 0 Å². The molecule has 40 heavy (non-hydrogen) atoms. The molecule has 2 aliphatic rings. The molecule has 2 atom stereocenters. The molecule has 0 spiro atoms. The van der Waals surface area contributed by atoms with Crippen molar-refractivity contribution in [1.29, 1.82) is 0 Å². The second kappa shape index (κ2) is 15.0. The molecule has 2 saturated heterocycles. The molecule has 2 aromatic rings. The lowest BCUT2D eigenvalue weighted by atomic mass is 10.0. The number of hydrogen-bond acceptors (Lipinski definition) is 7. The van der Waals surface area contributed by atoms with E-state index in [0.717, 1.165) is 11.1 Å². The zero-order valence-electron chi connectivity index (χ0n) is 23.2. The molecule has 0 saturated carbocycles. The van der Waals surface area contributed by atoms with Crippen LogP contribution in [0.5, 0.6) is 0 Å². The number of carbonyl (C=O) groups is 3. The van der Waals surface area contributed by atoms with E-state index >= 15 is 0 Å². The number of nitrogens with two attached hydrogens (primary N) is 1. The molecule has 220 valence electrons. The second-order valence-corrected chi connectivity index (χ2v) is 11.0. The standard InChI is InChI=1S/C17H24N2O4.C12H16N2O2.ClH/c1-17(2,3)23-16(22)18-14(9-12-7-5-4-6-8-12)15(21)19-10-13(20)11-19;13-11(6-9-4-2-1-3-5-9)12(16)14-7-10(15)8-14;/h4-8,13-14,20H,9-11H2,1-3H3,(H,18,22);1-5,10-11,15H,6-8,13H2;1H/t14-;11-;/m00./s1. The summed E-state index contributed by atoms with van der Waals surface area (Å²) in [5.41, 5.74) is 7.21. The number of rotatable bonds is 7. The summed E-state index contributed by atoms with van der Waals surface area (Å²) in [5.74, 6) is -0.279. The van der Waals surface area contributed by atoms with Gasteiger partial charge in [-0.25, -0.2) is 4.79 Å². The van der Waals surface area contributed by atoms with Gasteiger partial charge in [0, 0.05) is 32.6 Å². The van der Waals surface area contributed by atoms with E-state index in [0.29, 0.717) is 39.0 Å². The van der Waals surface area contributed by atoms with Gasteiger partial charge in [0.05, 0.1) is 18.2 Å². The fraction of sp³-hybridized carbons (Fsp3) is 0.483. The first-order valence-electron chi connectivity index (χ1n) is 13.2. The Hall–Kier alpha value is -3.18. The maximum Gasteiger partial charge on any atom is 0.408 e. The summed E-state index contributed by atoms with van der Waals surface area (Å²) in [6, 6.07) is 18.0. The molecule has 11 heteroatoms. The number of nitrogens with zero attached hydrogens (tertiary/aromatic N) is 2. The van der Waals surface area contributed by atoms with Gasteiger partial charge in [-0.2, -0.15) is 0 Å². The van der Waals surface area contributed by atoms with Crippen molar-refractivity contribution in [2.24, 2.45) is 5.73 Å². The van der Waals surface area contributed by atoms with Crippen LogP contribution in [0.4, 0.5) is 4.79 Å². The SMILES string of the molecule is CC(C)(C)OC(=O)N[C@@H](Cc1ccccc1)C(=O)N1CC(O)C1.Cl.N[C@@H](Cc1ccccc1)C(=O)N1CC(O)C1. The lowest BCUT2D eigenvalue weighted by molar-refractivity contribution is -0.143. The molecule has 5 N–H and O–H groups in total. The number of hydrogen-bond donors (Lipinski definition) is 4. The number of alkyl carbamates (subject to hydrolysis) is 1. The molecule has 10 nitrogen and oxygen atoms in total. The number of carbonyl (C=O) groups excluding carboxylic acids is 3. The predicted octanol–water partition coefficient (Wildman–Crippen LogP) is 1.51. The number of likely N-dealkylation sites (tertiary alicyclic amines) is 2. The Morgan fingerprint density at radius 1 is 0.850 bits per heavy atom. The summed E-state index contributed by atoms with van der Waals surface area (Å²) < 4.78 is 5.24. The van der Waals surface area contributed by atoms with E-state index in [2.05, 4.69) is 5.32 Å². The van der Waals surface area contributed by atoms with Crippen LogP contribution < -0.4 is 11.1 Å². The number of amides is 3. The van der Waals surface area contributed by atoms with E-state index in [1.807, 2.05) is 60.7 Å². The predicted molar refractivity (Wildman–Crippen MR) is 154 cm³/mol. The van der Waals surface area contributed by atoms with Crippen LogP contribution in [-0.4, -0.2) is 94.0 Å². The average Bonchev–Trinajstić information content (AvgIpc) is 2.84. The minimum Gasteiger partial charge on any atom is -0.444 e. The highest BCUT2D eigenvalue weighted by Gasteiger charge is 2.35. The van der Waals surface area contributed by atoms with Crippen LogP contribution in [0.1, 0.15) is 31.9 Å². The molecular formula is C29H41ClN4O6. The number of aliphatic hydroxyl groups is 2. The molecule has 2 fully saturated rings. The molecule has 0 bridgehead atoms. The van der Waals surface area contributed by atoms with Crippen molar-refractivity contribution < 1.29 is 29.3 Å². The zero-order chi connectivity index (χ0) is 28.6. The Kier molecular flexibility index (Phi) is 12.4. The van der Waals surface area contributed by atoms with Crippen LogP contribution in [0.3, 0.4) is 0 Å². The molecule has 0 radical (unpaired) electrons.